The maximum Gasteiger partial charge on any atom is 0.407 e. The molecule has 0 aromatic carbocycles. The van der Waals surface area contributed by atoms with Gasteiger partial charge in [-0.3, -0.25) is 4.79 Å². The minimum atomic E-state index is -0.485. The fraction of sp³-hybridized carbons (Fsp3) is 0.571. The van der Waals surface area contributed by atoms with E-state index in [4.69, 9.17) is 9.15 Å². The number of carbonyl (C=O) groups is 2. The van der Waals surface area contributed by atoms with Gasteiger partial charge in [-0.25, -0.2) is 4.79 Å². The SMILES string of the molecule is CC(C)(C)OC(=O)NCCCCC(=O)c1ccoc1. The quantitative estimate of drug-likeness (QED) is 0.635. The van der Waals surface area contributed by atoms with E-state index >= 15 is 0 Å². The molecular formula is C14H21NO4. The third kappa shape index (κ3) is 6.64. The smallest absolute Gasteiger partial charge is 0.407 e. The molecule has 5 nitrogen and oxygen atoms in total. The van der Waals surface area contributed by atoms with Crippen LogP contribution in [0.1, 0.15) is 50.4 Å². The zero-order valence-corrected chi connectivity index (χ0v) is 11.7. The number of hydrogen-bond donors (Lipinski definition) is 1. The summed E-state index contributed by atoms with van der Waals surface area (Å²) in [5, 5.41) is 2.66. The number of ether oxygens (including phenoxy) is 1. The topological polar surface area (TPSA) is 68.5 Å². The van der Waals surface area contributed by atoms with Gasteiger partial charge < -0.3 is 14.5 Å². The number of alkyl carbamates (subject to hydrolysis) is 1. The highest BCUT2D eigenvalue weighted by Gasteiger charge is 2.15. The Labute approximate surface area is 113 Å². The number of hydrogen-bond acceptors (Lipinski definition) is 4. The second-order valence-electron chi connectivity index (χ2n) is 5.32. The molecule has 0 aliphatic heterocycles. The molecular weight excluding hydrogens is 246 g/mol. The van der Waals surface area contributed by atoms with Crippen molar-refractivity contribution in [1.82, 2.24) is 5.32 Å². The number of Topliss-reactive ketones (excluding diaryl/α,β-unsaturated/α-hetero) is 1. The van der Waals surface area contributed by atoms with Crippen molar-refractivity contribution in [2.75, 3.05) is 6.54 Å². The van der Waals surface area contributed by atoms with Crippen molar-refractivity contribution in [2.45, 2.75) is 45.6 Å². The molecule has 0 saturated carbocycles. The second kappa shape index (κ2) is 6.97. The monoisotopic (exact) mass is 267 g/mol. The van der Waals surface area contributed by atoms with Gasteiger partial charge in [0.1, 0.15) is 11.9 Å². The molecule has 1 aromatic rings. The number of amides is 1. The van der Waals surface area contributed by atoms with E-state index in [1.165, 1.54) is 12.5 Å². The Hall–Kier alpha value is -1.78. The van der Waals surface area contributed by atoms with E-state index in [-0.39, 0.29) is 5.78 Å². The molecule has 19 heavy (non-hydrogen) atoms. The van der Waals surface area contributed by atoms with Gasteiger partial charge >= 0.3 is 6.09 Å². The van der Waals surface area contributed by atoms with Crippen LogP contribution in [0.15, 0.2) is 23.0 Å². The molecule has 0 bridgehead atoms. The van der Waals surface area contributed by atoms with E-state index in [2.05, 4.69) is 5.32 Å². The minimum absolute atomic E-state index is 0.0611. The van der Waals surface area contributed by atoms with Gasteiger partial charge in [0.15, 0.2) is 5.78 Å². The van der Waals surface area contributed by atoms with Gasteiger partial charge in [0.05, 0.1) is 11.8 Å². The van der Waals surface area contributed by atoms with Crippen molar-refractivity contribution >= 4 is 11.9 Å². The van der Waals surface area contributed by atoms with Crippen LogP contribution in [0.2, 0.25) is 0 Å². The third-order valence-electron chi connectivity index (χ3n) is 2.34. The summed E-state index contributed by atoms with van der Waals surface area (Å²) in [5.74, 6) is 0.0611. The molecule has 0 spiro atoms. The summed E-state index contributed by atoms with van der Waals surface area (Å²) in [6, 6.07) is 1.65. The van der Waals surface area contributed by atoms with Gasteiger partial charge in [-0.1, -0.05) is 0 Å². The molecule has 5 heteroatoms. The van der Waals surface area contributed by atoms with Gasteiger partial charge in [-0.05, 0) is 39.7 Å². The summed E-state index contributed by atoms with van der Waals surface area (Å²) in [4.78, 5) is 22.9. The molecule has 1 amide bonds. The van der Waals surface area contributed by atoms with E-state index < -0.39 is 11.7 Å². The van der Waals surface area contributed by atoms with Crippen molar-refractivity contribution in [3.8, 4) is 0 Å². The molecule has 0 unspecified atom stereocenters. The lowest BCUT2D eigenvalue weighted by Crippen LogP contribution is -2.33. The Morgan fingerprint density at radius 3 is 2.63 bits per heavy atom. The average Bonchev–Trinajstić information content (AvgIpc) is 2.79. The molecule has 1 aromatic heterocycles. The first-order valence-electron chi connectivity index (χ1n) is 6.41. The van der Waals surface area contributed by atoms with E-state index in [0.717, 1.165) is 12.8 Å². The van der Waals surface area contributed by atoms with Gasteiger partial charge in [0.25, 0.3) is 0 Å². The predicted octanol–water partition coefficient (Wildman–Crippen LogP) is 3.16. The molecule has 1 heterocycles. The fourth-order valence-corrected chi connectivity index (χ4v) is 1.48. The van der Waals surface area contributed by atoms with Gasteiger partial charge in [-0.2, -0.15) is 0 Å². The zero-order valence-electron chi connectivity index (χ0n) is 11.7. The van der Waals surface area contributed by atoms with E-state index in [9.17, 15) is 9.59 Å². The zero-order chi connectivity index (χ0) is 14.3. The number of ketones is 1. The van der Waals surface area contributed by atoms with Crippen LogP contribution in [-0.4, -0.2) is 24.0 Å². The average molecular weight is 267 g/mol. The Morgan fingerprint density at radius 2 is 2.05 bits per heavy atom. The third-order valence-corrected chi connectivity index (χ3v) is 2.34. The highest BCUT2D eigenvalue weighted by Crippen LogP contribution is 2.08. The first-order chi connectivity index (χ1) is 8.88. The maximum absolute atomic E-state index is 11.6. The number of unbranched alkanes of at least 4 members (excludes halogenated alkanes) is 1. The first kappa shape index (κ1) is 15.3. The lowest BCUT2D eigenvalue weighted by Gasteiger charge is -2.19. The Bertz CT molecular complexity index is 404. The van der Waals surface area contributed by atoms with Crippen molar-refractivity contribution in [3.05, 3.63) is 24.2 Å². The molecule has 1 rings (SSSR count). The molecule has 0 saturated heterocycles. The summed E-state index contributed by atoms with van der Waals surface area (Å²) < 4.78 is 9.94. The van der Waals surface area contributed by atoms with Gasteiger partial charge in [0, 0.05) is 13.0 Å². The van der Waals surface area contributed by atoms with Crippen LogP contribution in [0.3, 0.4) is 0 Å². The van der Waals surface area contributed by atoms with Crippen molar-refractivity contribution in [2.24, 2.45) is 0 Å². The summed E-state index contributed by atoms with van der Waals surface area (Å²) in [6.07, 6.45) is 4.42. The van der Waals surface area contributed by atoms with Crippen LogP contribution >= 0.6 is 0 Å². The van der Waals surface area contributed by atoms with E-state index in [0.29, 0.717) is 18.5 Å². The highest BCUT2D eigenvalue weighted by molar-refractivity contribution is 5.95. The summed E-state index contributed by atoms with van der Waals surface area (Å²) in [6.45, 7) is 5.95. The summed E-state index contributed by atoms with van der Waals surface area (Å²) >= 11 is 0. The fourth-order valence-electron chi connectivity index (χ4n) is 1.48. The number of rotatable bonds is 6. The molecule has 0 aliphatic carbocycles. The van der Waals surface area contributed by atoms with Crippen LogP contribution in [0.5, 0.6) is 0 Å². The standard InChI is InChI=1S/C14H21NO4/c1-14(2,3)19-13(17)15-8-5-4-6-12(16)11-7-9-18-10-11/h7,9-10H,4-6,8H2,1-3H3,(H,15,17). The molecule has 106 valence electrons. The number of carbonyl (C=O) groups excluding carboxylic acids is 2. The molecule has 1 N–H and O–H groups in total. The van der Waals surface area contributed by atoms with Crippen LogP contribution in [-0.2, 0) is 4.74 Å². The van der Waals surface area contributed by atoms with E-state index in [1.807, 2.05) is 20.8 Å². The van der Waals surface area contributed by atoms with Gasteiger partial charge in [0.2, 0.25) is 0 Å². The van der Waals surface area contributed by atoms with Crippen LogP contribution in [0.25, 0.3) is 0 Å². The molecule has 0 fully saturated rings. The minimum Gasteiger partial charge on any atom is -0.472 e. The predicted molar refractivity (Wildman–Crippen MR) is 71.1 cm³/mol. The second-order valence-corrected chi connectivity index (χ2v) is 5.32. The number of nitrogens with one attached hydrogen (secondary N) is 1. The molecule has 0 radical (unpaired) electrons. The molecule has 0 aliphatic rings. The first-order valence-corrected chi connectivity index (χ1v) is 6.41. The number of furan rings is 1. The largest absolute Gasteiger partial charge is 0.472 e. The normalized spacial score (nSPS) is 11.1. The van der Waals surface area contributed by atoms with Crippen molar-refractivity contribution in [1.29, 1.82) is 0 Å². The Morgan fingerprint density at radius 1 is 1.32 bits per heavy atom. The van der Waals surface area contributed by atoms with Crippen LogP contribution < -0.4 is 5.32 Å². The van der Waals surface area contributed by atoms with Crippen LogP contribution in [0, 0.1) is 0 Å². The summed E-state index contributed by atoms with van der Waals surface area (Å²) in [7, 11) is 0. The summed E-state index contributed by atoms with van der Waals surface area (Å²) in [5.41, 5.74) is 0.113. The maximum atomic E-state index is 11.6. The Kier molecular flexibility index (Phi) is 5.60. The van der Waals surface area contributed by atoms with Crippen molar-refractivity contribution in [3.63, 3.8) is 0 Å². The Balaban J connectivity index is 2.09. The lowest BCUT2D eigenvalue weighted by atomic mass is 10.1. The van der Waals surface area contributed by atoms with Crippen molar-refractivity contribution < 1.29 is 18.7 Å². The molecule has 0 atom stereocenters. The van der Waals surface area contributed by atoms with Crippen LogP contribution in [0.4, 0.5) is 4.79 Å². The van der Waals surface area contributed by atoms with Gasteiger partial charge in [-0.15, -0.1) is 0 Å². The highest BCUT2D eigenvalue weighted by atomic mass is 16.6. The van der Waals surface area contributed by atoms with E-state index in [1.54, 1.807) is 6.07 Å². The lowest BCUT2D eigenvalue weighted by molar-refractivity contribution is 0.0527.